The van der Waals surface area contributed by atoms with Gasteiger partial charge in [0.05, 0.1) is 11.3 Å². The number of aliphatic hydroxyl groups is 2. The van der Waals surface area contributed by atoms with Crippen LogP contribution in [0.25, 0.3) is 10.9 Å². The van der Waals surface area contributed by atoms with Crippen molar-refractivity contribution < 1.29 is 10.2 Å². The second kappa shape index (κ2) is 5.96. The third-order valence-corrected chi connectivity index (χ3v) is 3.50. The summed E-state index contributed by atoms with van der Waals surface area (Å²) >= 11 is 0. The first-order chi connectivity index (χ1) is 11.0. The fourth-order valence-corrected chi connectivity index (χ4v) is 2.62. The van der Waals surface area contributed by atoms with Crippen LogP contribution in [0.15, 0.2) is 52.9 Å². The zero-order valence-corrected chi connectivity index (χ0v) is 12.3. The van der Waals surface area contributed by atoms with Crippen LogP contribution in [0.5, 0.6) is 0 Å². The van der Waals surface area contributed by atoms with Crippen molar-refractivity contribution in [2.45, 2.75) is 12.8 Å². The number of aliphatic hydroxyl groups excluding tert-OH is 2. The van der Waals surface area contributed by atoms with Gasteiger partial charge in [-0.25, -0.2) is 9.97 Å². The molecule has 1 heterocycles. The van der Waals surface area contributed by atoms with Crippen molar-refractivity contribution in [3.63, 3.8) is 0 Å². The van der Waals surface area contributed by atoms with Crippen LogP contribution in [0.4, 0.5) is 5.82 Å². The molecule has 3 rings (SSSR count). The Balaban J connectivity index is 1.99. The lowest BCUT2D eigenvalue weighted by Crippen LogP contribution is -2.22. The summed E-state index contributed by atoms with van der Waals surface area (Å²) in [6.45, 7) is 0. The van der Waals surface area contributed by atoms with Crippen molar-refractivity contribution in [1.29, 1.82) is 0 Å². The minimum absolute atomic E-state index is 0.0454. The highest BCUT2D eigenvalue weighted by Crippen LogP contribution is 2.26. The van der Waals surface area contributed by atoms with Gasteiger partial charge in [0.2, 0.25) is 0 Å². The first kappa shape index (κ1) is 14.8. The summed E-state index contributed by atoms with van der Waals surface area (Å²) in [5.41, 5.74) is 11.7. The second-order valence-electron chi connectivity index (χ2n) is 5.41. The topological polar surface area (TPSA) is 131 Å². The highest BCUT2D eigenvalue weighted by molar-refractivity contribution is 5.91. The average Bonchev–Trinajstić information content (AvgIpc) is 2.45. The van der Waals surface area contributed by atoms with E-state index in [-0.39, 0.29) is 23.4 Å². The molecule has 0 saturated carbocycles. The van der Waals surface area contributed by atoms with E-state index < -0.39 is 0 Å². The summed E-state index contributed by atoms with van der Waals surface area (Å²) in [4.78, 5) is 13.0. The Labute approximate surface area is 132 Å². The van der Waals surface area contributed by atoms with Crippen LogP contribution in [-0.2, 0) is 6.42 Å². The molecule has 1 aromatic carbocycles. The van der Waals surface area contributed by atoms with E-state index in [1.165, 1.54) is 6.08 Å². The van der Waals surface area contributed by atoms with Gasteiger partial charge in [-0.3, -0.25) is 0 Å². The van der Waals surface area contributed by atoms with E-state index >= 15 is 0 Å². The van der Waals surface area contributed by atoms with Gasteiger partial charge in [0.15, 0.2) is 11.8 Å². The number of rotatable bonds is 3. The molecule has 23 heavy (non-hydrogen) atoms. The maximum absolute atomic E-state index is 9.64. The van der Waals surface area contributed by atoms with E-state index in [0.717, 1.165) is 10.9 Å². The van der Waals surface area contributed by atoms with Gasteiger partial charge >= 0.3 is 0 Å². The predicted molar refractivity (Wildman–Crippen MR) is 88.2 cm³/mol. The predicted octanol–water partition coefficient (Wildman–Crippen LogP) is 1.98. The summed E-state index contributed by atoms with van der Waals surface area (Å²) in [6, 6.07) is 7.45. The number of para-hydroxylation sites is 1. The monoisotopic (exact) mass is 311 g/mol. The third-order valence-electron chi connectivity index (χ3n) is 3.50. The largest absolute Gasteiger partial charge is 0.512 e. The van der Waals surface area contributed by atoms with Crippen LogP contribution in [0, 0.1) is 5.92 Å². The quantitative estimate of drug-likeness (QED) is 0.506. The van der Waals surface area contributed by atoms with Crippen molar-refractivity contribution >= 4 is 22.7 Å². The molecule has 7 nitrogen and oxygen atoms in total. The van der Waals surface area contributed by atoms with Gasteiger partial charge in [0.1, 0.15) is 11.6 Å². The molecule has 7 heteroatoms. The summed E-state index contributed by atoms with van der Waals surface area (Å²) in [7, 11) is 0. The van der Waals surface area contributed by atoms with E-state index in [1.54, 1.807) is 6.08 Å². The minimum Gasteiger partial charge on any atom is -0.512 e. The van der Waals surface area contributed by atoms with E-state index in [2.05, 4.69) is 15.0 Å². The van der Waals surface area contributed by atoms with E-state index in [9.17, 15) is 10.2 Å². The summed E-state index contributed by atoms with van der Waals surface area (Å²) in [5, 5.41) is 20.0. The highest BCUT2D eigenvalue weighted by Gasteiger charge is 2.17. The van der Waals surface area contributed by atoms with Crippen LogP contribution >= 0.6 is 0 Å². The number of guanidine groups is 1. The standard InChI is InChI=1S/C16H17N5O2/c17-16(18)21-15-12-3-1-2-4-13(12)19-14(20-15)7-9-5-10(22)8-11(23)6-9/h1-5,8-9,22-23H,6-7H2,(H4,17,18,19,20,21). The molecule has 0 radical (unpaired) electrons. The molecule has 118 valence electrons. The molecule has 6 N–H and O–H groups in total. The molecule has 0 saturated heterocycles. The number of benzene rings is 1. The molecule has 1 unspecified atom stereocenters. The number of nitrogens with two attached hydrogens (primary N) is 2. The normalized spacial score (nSPS) is 17.5. The molecule has 1 atom stereocenters. The van der Waals surface area contributed by atoms with Gasteiger partial charge in [-0.05, 0) is 24.1 Å². The first-order valence-electron chi connectivity index (χ1n) is 7.17. The Morgan fingerprint density at radius 3 is 2.74 bits per heavy atom. The van der Waals surface area contributed by atoms with Crippen molar-refractivity contribution in [1.82, 2.24) is 9.97 Å². The number of aromatic nitrogens is 2. The number of fused-ring (bicyclic) bond motifs is 1. The molecule has 0 amide bonds. The number of allylic oxidation sites excluding steroid dienone is 3. The summed E-state index contributed by atoms with van der Waals surface area (Å²) < 4.78 is 0. The lowest BCUT2D eigenvalue weighted by Gasteiger charge is -2.16. The molecule has 2 aromatic rings. The maximum Gasteiger partial charge on any atom is 0.192 e. The SMILES string of the molecule is NC(N)=Nc1nc(CC2C=C(O)C=C(O)C2)nc2ccccc12. The van der Waals surface area contributed by atoms with Gasteiger partial charge in [-0.2, -0.15) is 4.99 Å². The second-order valence-corrected chi connectivity index (χ2v) is 5.41. The Hall–Kier alpha value is -3.09. The molecule has 0 spiro atoms. The fourth-order valence-electron chi connectivity index (χ4n) is 2.62. The molecule has 0 bridgehead atoms. The van der Waals surface area contributed by atoms with Crippen molar-refractivity contribution in [3.8, 4) is 0 Å². The Kier molecular flexibility index (Phi) is 3.84. The first-order valence-corrected chi connectivity index (χ1v) is 7.17. The minimum atomic E-state index is -0.0896. The zero-order valence-electron chi connectivity index (χ0n) is 12.3. The van der Waals surface area contributed by atoms with Gasteiger partial charge in [0, 0.05) is 24.3 Å². The molecular formula is C16H17N5O2. The number of nitrogens with zero attached hydrogens (tertiary/aromatic N) is 3. The van der Waals surface area contributed by atoms with Crippen LogP contribution in [0.2, 0.25) is 0 Å². The lowest BCUT2D eigenvalue weighted by atomic mass is 9.95. The maximum atomic E-state index is 9.64. The van der Waals surface area contributed by atoms with Gasteiger partial charge in [-0.1, -0.05) is 12.1 Å². The Bertz CT molecular complexity index is 837. The van der Waals surface area contributed by atoms with Gasteiger partial charge < -0.3 is 21.7 Å². The van der Waals surface area contributed by atoms with Gasteiger partial charge in [0.25, 0.3) is 0 Å². The Morgan fingerprint density at radius 2 is 2.00 bits per heavy atom. The van der Waals surface area contributed by atoms with Gasteiger partial charge in [-0.15, -0.1) is 0 Å². The fraction of sp³-hybridized carbons (Fsp3) is 0.188. The van der Waals surface area contributed by atoms with Crippen LogP contribution in [-0.4, -0.2) is 26.1 Å². The van der Waals surface area contributed by atoms with E-state index in [4.69, 9.17) is 11.5 Å². The summed E-state index contributed by atoms with van der Waals surface area (Å²) in [6.07, 6.45) is 3.90. The number of aliphatic imine (C=N–C) groups is 1. The summed E-state index contributed by atoms with van der Waals surface area (Å²) in [5.74, 6) is 0.981. The molecule has 1 aliphatic carbocycles. The van der Waals surface area contributed by atoms with Crippen molar-refractivity contribution in [2.24, 2.45) is 22.4 Å². The third kappa shape index (κ3) is 3.39. The smallest absolute Gasteiger partial charge is 0.192 e. The molecule has 0 fully saturated rings. The highest BCUT2D eigenvalue weighted by atomic mass is 16.3. The average molecular weight is 311 g/mol. The number of hydrogen-bond acceptors (Lipinski definition) is 5. The van der Waals surface area contributed by atoms with Crippen LogP contribution in [0.1, 0.15) is 12.2 Å². The Morgan fingerprint density at radius 1 is 1.22 bits per heavy atom. The van der Waals surface area contributed by atoms with Crippen molar-refractivity contribution in [2.75, 3.05) is 0 Å². The zero-order chi connectivity index (χ0) is 16.4. The molecule has 0 aliphatic heterocycles. The van der Waals surface area contributed by atoms with E-state index in [0.29, 0.717) is 24.5 Å². The van der Waals surface area contributed by atoms with Crippen LogP contribution < -0.4 is 11.5 Å². The lowest BCUT2D eigenvalue weighted by molar-refractivity contribution is 0.337. The van der Waals surface area contributed by atoms with E-state index in [1.807, 2.05) is 24.3 Å². The van der Waals surface area contributed by atoms with Crippen LogP contribution in [0.3, 0.4) is 0 Å². The number of hydrogen-bond donors (Lipinski definition) is 4. The van der Waals surface area contributed by atoms with Crippen molar-refractivity contribution in [3.05, 3.63) is 53.8 Å². The molecule has 1 aliphatic rings. The molecule has 1 aromatic heterocycles. The molecular weight excluding hydrogens is 294 g/mol.